The van der Waals surface area contributed by atoms with Crippen LogP contribution < -0.4 is 5.32 Å². The van der Waals surface area contributed by atoms with Gasteiger partial charge in [0.15, 0.2) is 0 Å². The lowest BCUT2D eigenvalue weighted by molar-refractivity contribution is -0.144. The maximum Gasteiger partial charge on any atom is 0.452 e. The van der Waals surface area contributed by atoms with Crippen molar-refractivity contribution in [2.45, 2.75) is 25.6 Å². The normalized spacial score (nSPS) is 13.9. The Bertz CT molecular complexity index is 315. The topological polar surface area (TPSA) is 58.0 Å². The van der Waals surface area contributed by atoms with Crippen LogP contribution in [0.15, 0.2) is 0 Å². The zero-order chi connectivity index (χ0) is 11.5. The number of anilines is 1. The lowest BCUT2D eigenvalue weighted by atomic mass is 10.3. The van der Waals surface area contributed by atoms with Gasteiger partial charge in [0, 0.05) is 18.1 Å². The van der Waals surface area contributed by atoms with Crippen LogP contribution in [0, 0.1) is 0 Å². The predicted octanol–water partition coefficient (Wildman–Crippen LogP) is 1.74. The van der Waals surface area contributed by atoms with Crippen molar-refractivity contribution >= 4 is 16.7 Å². The molecule has 1 atom stereocenters. The van der Waals surface area contributed by atoms with Gasteiger partial charge in [0.05, 0.1) is 6.10 Å². The number of aromatic nitrogens is 2. The van der Waals surface area contributed by atoms with Gasteiger partial charge in [-0.3, -0.25) is 0 Å². The summed E-state index contributed by atoms with van der Waals surface area (Å²) in [7, 11) is 0. The molecule has 0 bridgehead atoms. The van der Waals surface area contributed by atoms with Gasteiger partial charge in [-0.15, -0.1) is 0 Å². The van der Waals surface area contributed by atoms with Gasteiger partial charge in [-0.25, -0.2) is 0 Å². The zero-order valence-electron chi connectivity index (χ0n) is 7.88. The van der Waals surface area contributed by atoms with Gasteiger partial charge in [0.25, 0.3) is 0 Å². The highest BCUT2D eigenvalue weighted by molar-refractivity contribution is 7.09. The first-order valence-electron chi connectivity index (χ1n) is 4.26. The van der Waals surface area contributed by atoms with Gasteiger partial charge in [-0.05, 0) is 6.42 Å². The Kier molecular flexibility index (Phi) is 3.86. The molecule has 0 saturated heterocycles. The number of nitrogens with one attached hydrogen (secondary N) is 1. The van der Waals surface area contributed by atoms with E-state index in [0.717, 1.165) is 0 Å². The Morgan fingerprint density at radius 2 is 2.20 bits per heavy atom. The molecule has 1 rings (SSSR count). The van der Waals surface area contributed by atoms with Crippen LogP contribution in [0.25, 0.3) is 0 Å². The fourth-order valence-electron chi connectivity index (χ4n) is 0.760. The number of aliphatic hydroxyl groups excluding tert-OH is 1. The van der Waals surface area contributed by atoms with Gasteiger partial charge in [-0.2, -0.15) is 22.5 Å². The molecule has 0 aliphatic carbocycles. The van der Waals surface area contributed by atoms with E-state index in [2.05, 4.69) is 14.7 Å². The van der Waals surface area contributed by atoms with Crippen molar-refractivity contribution in [3.8, 4) is 0 Å². The maximum atomic E-state index is 12.1. The number of alkyl halides is 3. The molecule has 8 heteroatoms. The van der Waals surface area contributed by atoms with Crippen molar-refractivity contribution in [3.05, 3.63) is 5.82 Å². The first-order chi connectivity index (χ1) is 6.93. The number of hydrogen-bond acceptors (Lipinski definition) is 5. The second-order valence-corrected chi connectivity index (χ2v) is 3.62. The summed E-state index contributed by atoms with van der Waals surface area (Å²) >= 11 is 0.626. The van der Waals surface area contributed by atoms with Crippen LogP contribution in [-0.2, 0) is 6.18 Å². The minimum Gasteiger partial charge on any atom is -0.391 e. The smallest absolute Gasteiger partial charge is 0.391 e. The highest BCUT2D eigenvalue weighted by atomic mass is 32.1. The molecule has 0 fully saturated rings. The number of halogens is 3. The molecule has 0 radical (unpaired) electrons. The third-order valence-corrected chi connectivity index (χ3v) is 2.31. The molecule has 0 saturated carbocycles. The van der Waals surface area contributed by atoms with Crippen molar-refractivity contribution in [1.29, 1.82) is 0 Å². The molecule has 0 aliphatic heterocycles. The zero-order valence-corrected chi connectivity index (χ0v) is 8.69. The quantitative estimate of drug-likeness (QED) is 0.843. The summed E-state index contributed by atoms with van der Waals surface area (Å²) in [6.45, 7) is 1.94. The summed E-state index contributed by atoms with van der Waals surface area (Å²) in [4.78, 5) is 3.25. The van der Waals surface area contributed by atoms with Gasteiger partial charge in [0.1, 0.15) is 0 Å². The van der Waals surface area contributed by atoms with Crippen LogP contribution in [0.4, 0.5) is 18.3 Å². The largest absolute Gasteiger partial charge is 0.452 e. The van der Waals surface area contributed by atoms with E-state index in [9.17, 15) is 13.2 Å². The second kappa shape index (κ2) is 4.75. The van der Waals surface area contributed by atoms with E-state index >= 15 is 0 Å². The van der Waals surface area contributed by atoms with Crippen molar-refractivity contribution in [2.75, 3.05) is 11.9 Å². The number of hydrogen-bond donors (Lipinski definition) is 2. The van der Waals surface area contributed by atoms with E-state index in [4.69, 9.17) is 5.11 Å². The van der Waals surface area contributed by atoms with Crippen molar-refractivity contribution < 1.29 is 18.3 Å². The third kappa shape index (κ3) is 3.63. The van der Waals surface area contributed by atoms with Crippen LogP contribution in [0.2, 0.25) is 0 Å². The molecule has 4 nitrogen and oxygen atoms in total. The van der Waals surface area contributed by atoms with Crippen molar-refractivity contribution in [2.24, 2.45) is 0 Å². The molecule has 15 heavy (non-hydrogen) atoms. The number of aliphatic hydroxyl groups is 1. The van der Waals surface area contributed by atoms with Crippen LogP contribution >= 0.6 is 11.5 Å². The second-order valence-electron chi connectivity index (χ2n) is 2.86. The minimum absolute atomic E-state index is 0.0647. The van der Waals surface area contributed by atoms with Crippen molar-refractivity contribution in [1.82, 2.24) is 9.36 Å². The average Bonchev–Trinajstić information content (AvgIpc) is 2.61. The van der Waals surface area contributed by atoms with E-state index in [1.54, 1.807) is 6.92 Å². The molecule has 1 unspecified atom stereocenters. The van der Waals surface area contributed by atoms with E-state index in [-0.39, 0.29) is 11.7 Å². The Hall–Kier alpha value is -0.890. The molecule has 0 aromatic carbocycles. The van der Waals surface area contributed by atoms with E-state index in [1.165, 1.54) is 0 Å². The molecule has 0 aliphatic rings. The third-order valence-electron chi connectivity index (χ3n) is 1.64. The Morgan fingerprint density at radius 1 is 1.53 bits per heavy atom. The summed E-state index contributed by atoms with van der Waals surface area (Å²) in [6, 6.07) is 0. The van der Waals surface area contributed by atoms with Gasteiger partial charge < -0.3 is 10.4 Å². The SMILES string of the molecule is CCC(O)CNc1nc(C(F)(F)F)ns1. The van der Waals surface area contributed by atoms with Crippen LogP contribution in [0.3, 0.4) is 0 Å². The average molecular weight is 241 g/mol. The molecule has 1 heterocycles. The van der Waals surface area contributed by atoms with Crippen molar-refractivity contribution in [3.63, 3.8) is 0 Å². The summed E-state index contributed by atoms with van der Waals surface area (Å²) in [5.41, 5.74) is 0. The fourth-order valence-corrected chi connectivity index (χ4v) is 1.35. The Morgan fingerprint density at radius 3 is 2.67 bits per heavy atom. The number of rotatable bonds is 4. The van der Waals surface area contributed by atoms with Crippen LogP contribution in [0.5, 0.6) is 0 Å². The molecule has 86 valence electrons. The molecule has 1 aromatic heterocycles. The fraction of sp³-hybridized carbons (Fsp3) is 0.714. The number of nitrogens with zero attached hydrogens (tertiary/aromatic N) is 2. The highest BCUT2D eigenvalue weighted by Gasteiger charge is 2.36. The Balaban J connectivity index is 2.54. The predicted molar refractivity (Wildman–Crippen MR) is 49.7 cm³/mol. The van der Waals surface area contributed by atoms with E-state index in [1.807, 2.05) is 0 Å². The lowest BCUT2D eigenvalue weighted by Crippen LogP contribution is -2.18. The minimum atomic E-state index is -4.51. The van der Waals surface area contributed by atoms with E-state index < -0.39 is 18.1 Å². The molecule has 1 aromatic rings. The molecular weight excluding hydrogens is 231 g/mol. The molecule has 0 amide bonds. The standard InChI is InChI=1S/C7H10F3N3OS/c1-2-4(14)3-11-6-12-5(13-15-6)7(8,9)10/h4,14H,2-3H2,1H3,(H,11,12,13). The van der Waals surface area contributed by atoms with Gasteiger partial charge >= 0.3 is 6.18 Å². The first-order valence-corrected chi connectivity index (χ1v) is 5.03. The van der Waals surface area contributed by atoms with E-state index in [0.29, 0.717) is 18.0 Å². The monoisotopic (exact) mass is 241 g/mol. The van der Waals surface area contributed by atoms with Crippen LogP contribution in [-0.4, -0.2) is 27.1 Å². The summed E-state index contributed by atoms with van der Waals surface area (Å²) < 4.78 is 39.4. The molecule has 2 N–H and O–H groups in total. The Labute approximate surface area is 88.3 Å². The summed E-state index contributed by atoms with van der Waals surface area (Å²) in [5, 5.41) is 11.8. The van der Waals surface area contributed by atoms with Crippen LogP contribution in [0.1, 0.15) is 19.2 Å². The first kappa shape index (κ1) is 12.2. The summed E-state index contributed by atoms with van der Waals surface area (Å²) in [6.07, 6.45) is -4.58. The molecule has 0 spiro atoms. The highest BCUT2D eigenvalue weighted by Crippen LogP contribution is 2.28. The lowest BCUT2D eigenvalue weighted by Gasteiger charge is -2.06. The maximum absolute atomic E-state index is 12.1. The summed E-state index contributed by atoms with van der Waals surface area (Å²) in [5.74, 6) is -1.15. The van der Waals surface area contributed by atoms with Gasteiger partial charge in [0.2, 0.25) is 11.0 Å². The molecular formula is C7H10F3N3OS. The van der Waals surface area contributed by atoms with Gasteiger partial charge in [-0.1, -0.05) is 6.92 Å².